The quantitative estimate of drug-likeness (QED) is 0.674. The van der Waals surface area contributed by atoms with Gasteiger partial charge in [0.15, 0.2) is 5.66 Å². The van der Waals surface area contributed by atoms with Crippen molar-refractivity contribution in [2.24, 2.45) is 11.5 Å². The Bertz CT molecular complexity index is 929. The molecule has 5 N–H and O–H groups in total. The van der Waals surface area contributed by atoms with Gasteiger partial charge in [0.05, 0.1) is 16.0 Å². The van der Waals surface area contributed by atoms with Crippen LogP contribution >= 0.6 is 11.3 Å². The molecule has 0 amide bonds. The number of pyridine rings is 1. The third kappa shape index (κ3) is 2.48. The van der Waals surface area contributed by atoms with Crippen LogP contribution in [0.3, 0.4) is 0 Å². The SMILES string of the molecule is NC1=CC=CC(N)(c2nc3ccc(-c4ccncc4)cc3s2)N1. The van der Waals surface area contributed by atoms with E-state index >= 15 is 0 Å². The third-order valence-corrected chi connectivity index (χ3v) is 4.91. The van der Waals surface area contributed by atoms with Crippen molar-refractivity contribution in [2.75, 3.05) is 0 Å². The van der Waals surface area contributed by atoms with Gasteiger partial charge in [0.2, 0.25) is 0 Å². The summed E-state index contributed by atoms with van der Waals surface area (Å²) in [4.78, 5) is 8.72. The van der Waals surface area contributed by atoms with Crippen molar-refractivity contribution in [3.63, 3.8) is 0 Å². The van der Waals surface area contributed by atoms with Gasteiger partial charge in [-0.15, -0.1) is 11.3 Å². The molecule has 0 saturated heterocycles. The zero-order valence-electron chi connectivity index (χ0n) is 12.2. The number of nitrogens with zero attached hydrogens (tertiary/aromatic N) is 2. The Morgan fingerprint density at radius 2 is 1.91 bits per heavy atom. The summed E-state index contributed by atoms with van der Waals surface area (Å²) in [6.07, 6.45) is 9.07. The Hall–Kier alpha value is -2.70. The Balaban J connectivity index is 1.77. The predicted molar refractivity (Wildman–Crippen MR) is 93.3 cm³/mol. The first-order valence-electron chi connectivity index (χ1n) is 7.18. The van der Waals surface area contributed by atoms with Gasteiger partial charge in [-0.3, -0.25) is 10.7 Å². The van der Waals surface area contributed by atoms with Crippen LogP contribution in [0, 0.1) is 0 Å². The molecule has 23 heavy (non-hydrogen) atoms. The zero-order valence-corrected chi connectivity index (χ0v) is 13.0. The first-order chi connectivity index (χ1) is 11.1. The molecule has 6 heteroatoms. The number of rotatable bonds is 2. The molecule has 0 spiro atoms. The number of aromatic nitrogens is 2. The Morgan fingerprint density at radius 1 is 1.09 bits per heavy atom. The molecular weight excluding hydrogens is 306 g/mol. The van der Waals surface area contributed by atoms with Crippen molar-refractivity contribution in [1.82, 2.24) is 15.3 Å². The average molecular weight is 321 g/mol. The Morgan fingerprint density at radius 3 is 2.70 bits per heavy atom. The summed E-state index contributed by atoms with van der Waals surface area (Å²) in [5, 5.41) is 3.87. The van der Waals surface area contributed by atoms with E-state index in [4.69, 9.17) is 11.5 Å². The largest absolute Gasteiger partial charge is 0.385 e. The van der Waals surface area contributed by atoms with Crippen LogP contribution in [-0.2, 0) is 5.66 Å². The molecule has 0 aliphatic carbocycles. The highest BCUT2D eigenvalue weighted by molar-refractivity contribution is 7.18. The van der Waals surface area contributed by atoms with Crippen molar-refractivity contribution < 1.29 is 0 Å². The molecule has 5 nitrogen and oxygen atoms in total. The molecule has 1 aliphatic rings. The summed E-state index contributed by atoms with van der Waals surface area (Å²) in [5.74, 6) is 0.534. The number of benzene rings is 1. The highest BCUT2D eigenvalue weighted by atomic mass is 32.1. The van der Waals surface area contributed by atoms with Crippen LogP contribution in [0.5, 0.6) is 0 Å². The van der Waals surface area contributed by atoms with Crippen LogP contribution in [0.2, 0.25) is 0 Å². The minimum Gasteiger partial charge on any atom is -0.385 e. The van der Waals surface area contributed by atoms with E-state index in [1.807, 2.05) is 30.4 Å². The maximum absolute atomic E-state index is 6.40. The molecule has 1 atom stereocenters. The summed E-state index contributed by atoms with van der Waals surface area (Å²) in [6.45, 7) is 0. The van der Waals surface area contributed by atoms with E-state index in [9.17, 15) is 0 Å². The predicted octanol–water partition coefficient (Wildman–Crippen LogP) is 2.43. The van der Waals surface area contributed by atoms with E-state index in [-0.39, 0.29) is 0 Å². The van der Waals surface area contributed by atoms with E-state index in [0.29, 0.717) is 5.82 Å². The maximum Gasteiger partial charge on any atom is 0.160 e. The first-order valence-corrected chi connectivity index (χ1v) is 7.99. The highest BCUT2D eigenvalue weighted by Crippen LogP contribution is 2.32. The summed E-state index contributed by atoms with van der Waals surface area (Å²) in [6, 6.07) is 10.2. The summed E-state index contributed by atoms with van der Waals surface area (Å²) in [5.41, 5.74) is 14.6. The second-order valence-corrected chi connectivity index (χ2v) is 6.44. The molecule has 3 heterocycles. The number of nitrogens with one attached hydrogen (secondary N) is 1. The summed E-state index contributed by atoms with van der Waals surface area (Å²) >= 11 is 1.57. The number of allylic oxidation sites excluding steroid dienone is 2. The van der Waals surface area contributed by atoms with Crippen molar-refractivity contribution in [2.45, 2.75) is 5.66 Å². The molecule has 0 fully saturated rings. The second-order valence-electron chi connectivity index (χ2n) is 5.41. The average Bonchev–Trinajstić information content (AvgIpc) is 2.99. The molecule has 1 unspecified atom stereocenters. The van der Waals surface area contributed by atoms with Crippen molar-refractivity contribution in [1.29, 1.82) is 0 Å². The van der Waals surface area contributed by atoms with E-state index in [1.165, 1.54) is 0 Å². The fourth-order valence-corrected chi connectivity index (χ4v) is 3.62. The molecule has 1 aliphatic heterocycles. The van der Waals surface area contributed by atoms with Gasteiger partial charge in [0.1, 0.15) is 5.01 Å². The molecule has 0 saturated carbocycles. The fraction of sp³-hybridized carbons (Fsp3) is 0.0588. The summed E-state index contributed by atoms with van der Waals surface area (Å²) < 4.78 is 1.09. The minimum absolute atomic E-state index is 0.534. The Kier molecular flexibility index (Phi) is 3.14. The van der Waals surface area contributed by atoms with Crippen LogP contribution < -0.4 is 16.8 Å². The molecule has 3 aromatic rings. The van der Waals surface area contributed by atoms with Crippen molar-refractivity contribution in [3.05, 3.63) is 71.8 Å². The second kappa shape index (κ2) is 5.19. The lowest BCUT2D eigenvalue weighted by atomic mass is 10.1. The van der Waals surface area contributed by atoms with Crippen LogP contribution in [0.15, 0.2) is 66.8 Å². The van der Waals surface area contributed by atoms with E-state index in [1.54, 1.807) is 29.8 Å². The number of hydrogen-bond acceptors (Lipinski definition) is 6. The van der Waals surface area contributed by atoms with Crippen LogP contribution in [-0.4, -0.2) is 9.97 Å². The number of hydrogen-bond donors (Lipinski definition) is 3. The van der Waals surface area contributed by atoms with Gasteiger partial charge >= 0.3 is 0 Å². The van der Waals surface area contributed by atoms with Gasteiger partial charge in [-0.25, -0.2) is 4.98 Å². The van der Waals surface area contributed by atoms with Crippen LogP contribution in [0.4, 0.5) is 0 Å². The highest BCUT2D eigenvalue weighted by Gasteiger charge is 2.29. The molecule has 0 radical (unpaired) electrons. The van der Waals surface area contributed by atoms with Crippen LogP contribution in [0.25, 0.3) is 21.3 Å². The lowest BCUT2D eigenvalue weighted by molar-refractivity contribution is 0.469. The van der Waals surface area contributed by atoms with Gasteiger partial charge in [0.25, 0.3) is 0 Å². The monoisotopic (exact) mass is 321 g/mol. The molecule has 114 valence electrons. The van der Waals surface area contributed by atoms with E-state index in [2.05, 4.69) is 27.4 Å². The smallest absolute Gasteiger partial charge is 0.160 e. The molecule has 0 bridgehead atoms. The lowest BCUT2D eigenvalue weighted by Gasteiger charge is -2.28. The molecule has 2 aromatic heterocycles. The zero-order chi connectivity index (χ0) is 15.9. The maximum atomic E-state index is 6.40. The number of fused-ring (bicyclic) bond motifs is 1. The van der Waals surface area contributed by atoms with E-state index < -0.39 is 5.66 Å². The topological polar surface area (TPSA) is 89.9 Å². The summed E-state index contributed by atoms with van der Waals surface area (Å²) in [7, 11) is 0. The van der Waals surface area contributed by atoms with Crippen LogP contribution in [0.1, 0.15) is 5.01 Å². The standard InChI is InChI=1S/C17H15N5S/c18-15-2-1-7-17(19,22-15)16-21-13-4-3-12(10-14(13)23-16)11-5-8-20-9-6-11/h1-10,22H,18-19H2. The van der Waals surface area contributed by atoms with Crippen molar-refractivity contribution in [3.8, 4) is 11.1 Å². The molecule has 1 aromatic carbocycles. The first kappa shape index (κ1) is 13.9. The van der Waals surface area contributed by atoms with Gasteiger partial charge in [-0.1, -0.05) is 12.1 Å². The number of thiazole rings is 1. The third-order valence-electron chi connectivity index (χ3n) is 3.74. The van der Waals surface area contributed by atoms with Gasteiger partial charge in [-0.05, 0) is 47.5 Å². The van der Waals surface area contributed by atoms with Gasteiger partial charge in [0, 0.05) is 12.4 Å². The van der Waals surface area contributed by atoms with Gasteiger partial charge < -0.3 is 11.1 Å². The van der Waals surface area contributed by atoms with Crippen molar-refractivity contribution >= 4 is 21.6 Å². The lowest BCUT2D eigenvalue weighted by Crippen LogP contribution is -2.50. The molecular formula is C17H15N5S. The fourth-order valence-electron chi connectivity index (χ4n) is 2.58. The van der Waals surface area contributed by atoms with Gasteiger partial charge in [-0.2, -0.15) is 0 Å². The Labute approximate surface area is 137 Å². The molecule has 4 rings (SSSR count). The number of dihydropyridines is 1. The van der Waals surface area contributed by atoms with E-state index in [0.717, 1.165) is 26.4 Å². The normalized spacial score (nSPS) is 20.3. The minimum atomic E-state index is -0.862. The number of nitrogens with two attached hydrogens (primary N) is 2.